The molecule has 1 aliphatic rings. The van der Waals surface area contributed by atoms with E-state index in [2.05, 4.69) is 13.8 Å². The van der Waals surface area contributed by atoms with Crippen LogP contribution in [0.3, 0.4) is 0 Å². The zero-order valence-electron chi connectivity index (χ0n) is 16.5. The van der Waals surface area contributed by atoms with Gasteiger partial charge in [-0.1, -0.05) is 41.5 Å². The molecule has 1 aromatic rings. The number of hydrogen-bond acceptors (Lipinski definition) is 4. The van der Waals surface area contributed by atoms with Gasteiger partial charge < -0.3 is 9.84 Å². The fraction of sp³-hybridized carbons (Fsp3) is 0.700. The maximum absolute atomic E-state index is 12.4. The lowest BCUT2D eigenvalue weighted by Crippen LogP contribution is -2.29. The average Bonchev–Trinajstić information content (AvgIpc) is 2.46. The number of aliphatic hydroxyl groups is 1. The topological polar surface area (TPSA) is 59.4 Å². The van der Waals surface area contributed by atoms with Gasteiger partial charge in [0.05, 0.1) is 24.0 Å². The van der Waals surface area contributed by atoms with Crippen LogP contribution < -0.4 is 0 Å². The standard InChI is InChI=1S/C18H27NO3.C2H6/c1-7-22-17(21)15-11(4)14-12(19-16(15)10(2)3)8-18(5,6)9-13(14)20;1-2/h10,13,20H,7-9H2,1-6H3;1-2H3. The van der Waals surface area contributed by atoms with Crippen molar-refractivity contribution in [1.82, 2.24) is 4.98 Å². The van der Waals surface area contributed by atoms with E-state index in [1.807, 2.05) is 34.6 Å². The summed E-state index contributed by atoms with van der Waals surface area (Å²) in [5, 5.41) is 10.6. The van der Waals surface area contributed by atoms with Gasteiger partial charge in [0.2, 0.25) is 0 Å². The Bertz CT molecular complexity index is 591. The molecule has 1 N–H and O–H groups in total. The highest BCUT2D eigenvalue weighted by atomic mass is 16.5. The second-order valence-corrected chi connectivity index (χ2v) is 7.29. The van der Waals surface area contributed by atoms with E-state index >= 15 is 0 Å². The van der Waals surface area contributed by atoms with Crippen molar-refractivity contribution in [2.24, 2.45) is 5.41 Å². The molecule has 0 spiro atoms. The number of nitrogens with zero attached hydrogens (tertiary/aromatic N) is 1. The fourth-order valence-corrected chi connectivity index (χ4v) is 3.41. The molecular formula is C20H33NO3. The van der Waals surface area contributed by atoms with E-state index in [9.17, 15) is 9.90 Å². The number of pyridine rings is 1. The van der Waals surface area contributed by atoms with E-state index in [-0.39, 0.29) is 17.3 Å². The number of rotatable bonds is 3. The van der Waals surface area contributed by atoms with Crippen LogP contribution in [0.15, 0.2) is 0 Å². The summed E-state index contributed by atoms with van der Waals surface area (Å²) in [4.78, 5) is 17.1. The van der Waals surface area contributed by atoms with Crippen LogP contribution in [0.5, 0.6) is 0 Å². The van der Waals surface area contributed by atoms with E-state index in [0.29, 0.717) is 18.6 Å². The number of carbonyl (C=O) groups excluding carboxylic acids is 1. The predicted octanol–water partition coefficient (Wildman–Crippen LogP) is 4.72. The van der Waals surface area contributed by atoms with Crippen molar-refractivity contribution in [3.63, 3.8) is 0 Å². The van der Waals surface area contributed by atoms with Crippen molar-refractivity contribution >= 4 is 5.97 Å². The van der Waals surface area contributed by atoms with E-state index in [4.69, 9.17) is 9.72 Å². The number of fused-ring (bicyclic) bond motifs is 1. The van der Waals surface area contributed by atoms with Crippen molar-refractivity contribution in [3.8, 4) is 0 Å². The number of ether oxygens (including phenoxy) is 1. The second-order valence-electron chi connectivity index (χ2n) is 7.29. The highest BCUT2D eigenvalue weighted by Gasteiger charge is 2.36. The van der Waals surface area contributed by atoms with Gasteiger partial charge in [-0.05, 0) is 43.6 Å². The molecule has 0 saturated carbocycles. The van der Waals surface area contributed by atoms with Crippen LogP contribution in [0.1, 0.15) is 99.8 Å². The highest BCUT2D eigenvalue weighted by Crippen LogP contribution is 2.43. The Labute approximate surface area is 146 Å². The minimum Gasteiger partial charge on any atom is -0.462 e. The molecule has 0 aliphatic heterocycles. The molecule has 1 heterocycles. The maximum atomic E-state index is 12.4. The molecular weight excluding hydrogens is 302 g/mol. The summed E-state index contributed by atoms with van der Waals surface area (Å²) in [6, 6.07) is 0. The Morgan fingerprint density at radius 2 is 1.96 bits per heavy atom. The summed E-state index contributed by atoms with van der Waals surface area (Å²) in [7, 11) is 0. The van der Waals surface area contributed by atoms with Gasteiger partial charge in [0.15, 0.2) is 0 Å². The number of esters is 1. The fourth-order valence-electron chi connectivity index (χ4n) is 3.41. The molecule has 1 aliphatic carbocycles. The Kier molecular flexibility index (Phi) is 6.97. The Morgan fingerprint density at radius 1 is 1.38 bits per heavy atom. The van der Waals surface area contributed by atoms with Crippen LogP contribution in [0.25, 0.3) is 0 Å². The average molecular weight is 335 g/mol. The summed E-state index contributed by atoms with van der Waals surface area (Å²) in [5.74, 6) is -0.207. The SMILES string of the molecule is CC.CCOC(=O)c1c(C(C)C)nc2c(c1C)C(O)CC(C)(C)C2. The van der Waals surface area contributed by atoms with Crippen LogP contribution in [0.4, 0.5) is 0 Å². The lowest BCUT2D eigenvalue weighted by molar-refractivity contribution is 0.0521. The summed E-state index contributed by atoms with van der Waals surface area (Å²) in [6.07, 6.45) is 0.940. The normalized spacial score (nSPS) is 18.5. The summed E-state index contributed by atoms with van der Waals surface area (Å²) >= 11 is 0. The molecule has 1 unspecified atom stereocenters. The van der Waals surface area contributed by atoms with E-state index in [1.54, 1.807) is 6.92 Å². The van der Waals surface area contributed by atoms with Crippen molar-refractivity contribution in [2.75, 3.05) is 6.61 Å². The van der Waals surface area contributed by atoms with Crippen LogP contribution in [0.2, 0.25) is 0 Å². The van der Waals surface area contributed by atoms with E-state index in [0.717, 1.165) is 28.9 Å². The first kappa shape index (κ1) is 20.6. The smallest absolute Gasteiger partial charge is 0.340 e. The van der Waals surface area contributed by atoms with Gasteiger partial charge in [-0.3, -0.25) is 4.98 Å². The largest absolute Gasteiger partial charge is 0.462 e. The van der Waals surface area contributed by atoms with Crippen LogP contribution in [0, 0.1) is 12.3 Å². The first-order valence-electron chi connectivity index (χ1n) is 9.06. The zero-order chi connectivity index (χ0) is 18.7. The van der Waals surface area contributed by atoms with Crippen LogP contribution in [-0.4, -0.2) is 22.7 Å². The van der Waals surface area contributed by atoms with Gasteiger partial charge in [-0.15, -0.1) is 0 Å². The Hall–Kier alpha value is -1.42. The Morgan fingerprint density at radius 3 is 2.46 bits per heavy atom. The summed E-state index contributed by atoms with van der Waals surface area (Å²) in [6.45, 7) is 16.4. The zero-order valence-corrected chi connectivity index (χ0v) is 16.5. The lowest BCUT2D eigenvalue weighted by atomic mass is 9.73. The monoisotopic (exact) mass is 335 g/mol. The third kappa shape index (κ3) is 4.15. The minimum atomic E-state index is -0.569. The molecule has 0 fully saturated rings. The van der Waals surface area contributed by atoms with E-state index in [1.165, 1.54) is 0 Å². The molecule has 0 saturated heterocycles. The number of carbonyl (C=O) groups is 1. The molecule has 0 aromatic carbocycles. The van der Waals surface area contributed by atoms with Gasteiger partial charge in [0.25, 0.3) is 0 Å². The molecule has 0 bridgehead atoms. The minimum absolute atomic E-state index is 0.0194. The molecule has 1 aromatic heterocycles. The molecule has 2 rings (SSSR count). The van der Waals surface area contributed by atoms with Crippen LogP contribution >= 0.6 is 0 Å². The molecule has 4 heteroatoms. The molecule has 136 valence electrons. The molecule has 24 heavy (non-hydrogen) atoms. The van der Waals surface area contributed by atoms with Crippen molar-refractivity contribution in [3.05, 3.63) is 28.1 Å². The summed E-state index contributed by atoms with van der Waals surface area (Å²) < 4.78 is 5.21. The third-order valence-corrected chi connectivity index (χ3v) is 4.35. The highest BCUT2D eigenvalue weighted by molar-refractivity contribution is 5.93. The molecule has 0 amide bonds. The Balaban J connectivity index is 0.00000139. The predicted molar refractivity (Wildman–Crippen MR) is 97.4 cm³/mol. The maximum Gasteiger partial charge on any atom is 0.340 e. The molecule has 0 radical (unpaired) electrons. The number of hydrogen-bond donors (Lipinski definition) is 1. The van der Waals surface area contributed by atoms with Crippen LogP contribution in [-0.2, 0) is 11.2 Å². The van der Waals surface area contributed by atoms with Gasteiger partial charge >= 0.3 is 5.97 Å². The molecule has 4 nitrogen and oxygen atoms in total. The third-order valence-electron chi connectivity index (χ3n) is 4.35. The lowest BCUT2D eigenvalue weighted by Gasteiger charge is -2.36. The van der Waals surface area contributed by atoms with Crippen molar-refractivity contribution in [2.45, 2.75) is 80.3 Å². The first-order chi connectivity index (χ1) is 11.2. The number of aliphatic hydroxyl groups excluding tert-OH is 1. The quantitative estimate of drug-likeness (QED) is 0.812. The van der Waals surface area contributed by atoms with Gasteiger partial charge in [-0.2, -0.15) is 0 Å². The second kappa shape index (κ2) is 8.11. The van der Waals surface area contributed by atoms with Gasteiger partial charge in [-0.25, -0.2) is 4.79 Å². The van der Waals surface area contributed by atoms with Gasteiger partial charge in [0.1, 0.15) is 0 Å². The van der Waals surface area contributed by atoms with Crippen molar-refractivity contribution in [1.29, 1.82) is 0 Å². The number of aromatic nitrogens is 1. The van der Waals surface area contributed by atoms with Crippen molar-refractivity contribution < 1.29 is 14.6 Å². The summed E-state index contributed by atoms with van der Waals surface area (Å²) in [5.41, 5.74) is 3.92. The van der Waals surface area contributed by atoms with E-state index < -0.39 is 6.10 Å². The van der Waals surface area contributed by atoms with Gasteiger partial charge in [0, 0.05) is 11.3 Å². The first-order valence-corrected chi connectivity index (χ1v) is 9.06. The molecule has 1 atom stereocenters.